The molecule has 0 bridgehead atoms. The third-order valence-corrected chi connectivity index (χ3v) is 4.78. The second kappa shape index (κ2) is 9.83. The van der Waals surface area contributed by atoms with E-state index in [1.165, 1.54) is 0 Å². The highest BCUT2D eigenvalue weighted by Gasteiger charge is 2.20. The smallest absolute Gasteiger partial charge is 0.437 e. The first-order valence-corrected chi connectivity index (χ1v) is 9.47. The summed E-state index contributed by atoms with van der Waals surface area (Å²) in [4.78, 5) is 26.0. The first kappa shape index (κ1) is 20.5. The van der Waals surface area contributed by atoms with E-state index in [1.54, 1.807) is 7.11 Å². The number of ether oxygens (including phenoxy) is 2. The molecule has 0 aliphatic carbocycles. The third kappa shape index (κ3) is 5.89. The minimum Gasteiger partial charge on any atom is -0.443 e. The summed E-state index contributed by atoms with van der Waals surface area (Å²) in [6, 6.07) is 7.60. The zero-order valence-corrected chi connectivity index (χ0v) is 16.5. The van der Waals surface area contributed by atoms with E-state index in [9.17, 15) is 4.79 Å². The number of nitrogens with zero attached hydrogens (tertiary/aromatic N) is 4. The van der Waals surface area contributed by atoms with Crippen LogP contribution in [0.3, 0.4) is 0 Å². The molecule has 29 heavy (non-hydrogen) atoms. The number of carbonyl (C=O) groups excluding carboxylic acids is 1. The van der Waals surface area contributed by atoms with Crippen LogP contribution in [0.25, 0.3) is 11.1 Å². The Morgan fingerprint density at radius 3 is 2.59 bits per heavy atom. The van der Waals surface area contributed by atoms with Crippen LogP contribution in [0.2, 0.25) is 0 Å². The molecule has 0 saturated carbocycles. The number of nitrogens with two attached hydrogens (primary N) is 2. The lowest BCUT2D eigenvalue weighted by Gasteiger charge is -2.31. The highest BCUT2D eigenvalue weighted by atomic mass is 16.5. The van der Waals surface area contributed by atoms with Gasteiger partial charge >= 0.3 is 6.09 Å². The van der Waals surface area contributed by atoms with Gasteiger partial charge in [-0.1, -0.05) is 18.2 Å². The molecule has 1 saturated heterocycles. The molecule has 0 atom stereocenters. The second-order valence-electron chi connectivity index (χ2n) is 6.95. The molecule has 2 heterocycles. The van der Waals surface area contributed by atoms with Gasteiger partial charge in [0, 0.05) is 44.8 Å². The van der Waals surface area contributed by atoms with E-state index in [-0.39, 0.29) is 12.6 Å². The van der Waals surface area contributed by atoms with E-state index >= 15 is 0 Å². The number of anilines is 1. The van der Waals surface area contributed by atoms with Crippen LogP contribution in [0.5, 0.6) is 0 Å². The number of rotatable bonds is 6. The molecule has 1 amide bonds. The van der Waals surface area contributed by atoms with E-state index < -0.39 is 6.09 Å². The Balaban J connectivity index is 1.61. The lowest BCUT2D eigenvalue weighted by Crippen LogP contribution is -2.36. The SMILES string of the molecule is COCC1CCN(c2ncc(-c3cccc(COC(=O)N=C(N)N)c3)cn2)CC1. The lowest BCUT2D eigenvalue weighted by molar-refractivity contribution is 0.139. The lowest BCUT2D eigenvalue weighted by atomic mass is 9.98. The standard InChI is InChI=1S/C20H26N6O3/c1-28-12-14-5-7-26(8-6-14)19-23-10-17(11-24-19)16-4-2-3-15(9-16)13-29-20(27)25-18(21)22/h2-4,9-11,14H,5-8,12-13H2,1H3,(H4,21,22,25,27). The highest BCUT2D eigenvalue weighted by molar-refractivity contribution is 5.87. The summed E-state index contributed by atoms with van der Waals surface area (Å²) in [5, 5.41) is 0. The zero-order chi connectivity index (χ0) is 20.6. The van der Waals surface area contributed by atoms with Crippen molar-refractivity contribution in [3.05, 3.63) is 42.2 Å². The predicted molar refractivity (Wildman–Crippen MR) is 110 cm³/mol. The molecule has 2 aromatic rings. The number of aliphatic imine (C=N–C) groups is 1. The number of carbonyl (C=O) groups is 1. The molecule has 3 rings (SSSR count). The van der Waals surface area contributed by atoms with Crippen molar-refractivity contribution in [2.75, 3.05) is 31.7 Å². The van der Waals surface area contributed by atoms with Gasteiger partial charge in [0.05, 0.1) is 0 Å². The van der Waals surface area contributed by atoms with Crippen molar-refractivity contribution in [2.45, 2.75) is 19.4 Å². The average molecular weight is 398 g/mol. The molecule has 1 aromatic heterocycles. The molecule has 9 heteroatoms. The van der Waals surface area contributed by atoms with Crippen molar-refractivity contribution in [1.82, 2.24) is 9.97 Å². The molecule has 4 N–H and O–H groups in total. The summed E-state index contributed by atoms with van der Waals surface area (Å²) in [7, 11) is 1.75. The Hall–Kier alpha value is -3.20. The van der Waals surface area contributed by atoms with Gasteiger partial charge < -0.3 is 25.8 Å². The molecule has 1 aromatic carbocycles. The maximum atomic E-state index is 11.4. The summed E-state index contributed by atoms with van der Waals surface area (Å²) in [5.74, 6) is 1.02. The van der Waals surface area contributed by atoms with Crippen LogP contribution in [-0.4, -0.2) is 48.8 Å². The van der Waals surface area contributed by atoms with Crippen molar-refractivity contribution in [1.29, 1.82) is 0 Å². The number of piperidine rings is 1. The van der Waals surface area contributed by atoms with Gasteiger partial charge in [0.1, 0.15) is 6.61 Å². The molecule has 1 aliphatic heterocycles. The Morgan fingerprint density at radius 2 is 1.93 bits per heavy atom. The number of guanidine groups is 1. The van der Waals surface area contributed by atoms with Crippen LogP contribution in [0.4, 0.5) is 10.7 Å². The van der Waals surface area contributed by atoms with Gasteiger partial charge in [0.2, 0.25) is 5.95 Å². The summed E-state index contributed by atoms with van der Waals surface area (Å²) >= 11 is 0. The summed E-state index contributed by atoms with van der Waals surface area (Å²) in [6.07, 6.45) is 4.97. The Kier molecular flexibility index (Phi) is 6.96. The van der Waals surface area contributed by atoms with Crippen molar-refractivity contribution in [3.63, 3.8) is 0 Å². The molecule has 154 valence electrons. The Bertz CT molecular complexity index is 844. The predicted octanol–water partition coefficient (Wildman–Crippen LogP) is 1.92. The Labute approximate surface area is 169 Å². The molecule has 1 fully saturated rings. The van der Waals surface area contributed by atoms with E-state index in [0.717, 1.165) is 55.2 Å². The summed E-state index contributed by atoms with van der Waals surface area (Å²) in [6.45, 7) is 2.75. The normalized spacial score (nSPS) is 14.4. The van der Waals surface area contributed by atoms with E-state index in [4.69, 9.17) is 20.9 Å². The number of hydrogen-bond acceptors (Lipinski definition) is 6. The topological polar surface area (TPSA) is 129 Å². The van der Waals surface area contributed by atoms with Gasteiger partial charge in [0.15, 0.2) is 5.96 Å². The molecule has 0 radical (unpaired) electrons. The summed E-state index contributed by atoms with van der Waals surface area (Å²) in [5.41, 5.74) is 12.9. The van der Waals surface area contributed by atoms with Gasteiger partial charge in [-0.25, -0.2) is 14.8 Å². The van der Waals surface area contributed by atoms with Crippen LogP contribution in [0, 0.1) is 5.92 Å². The minimum absolute atomic E-state index is 0.0683. The van der Waals surface area contributed by atoms with Crippen LogP contribution in [-0.2, 0) is 16.1 Å². The number of methoxy groups -OCH3 is 1. The van der Waals surface area contributed by atoms with E-state index in [2.05, 4.69) is 19.9 Å². The van der Waals surface area contributed by atoms with Crippen LogP contribution < -0.4 is 16.4 Å². The first-order chi connectivity index (χ1) is 14.0. The largest absolute Gasteiger partial charge is 0.443 e. The van der Waals surface area contributed by atoms with Gasteiger partial charge in [0.25, 0.3) is 0 Å². The third-order valence-electron chi connectivity index (χ3n) is 4.78. The fraction of sp³-hybridized carbons (Fsp3) is 0.400. The number of hydrogen-bond donors (Lipinski definition) is 2. The molecule has 0 spiro atoms. The highest BCUT2D eigenvalue weighted by Crippen LogP contribution is 2.23. The van der Waals surface area contributed by atoms with E-state index in [1.807, 2.05) is 36.7 Å². The molecule has 0 unspecified atom stereocenters. The number of aromatic nitrogens is 2. The molecular weight excluding hydrogens is 372 g/mol. The van der Waals surface area contributed by atoms with Crippen molar-refractivity contribution < 1.29 is 14.3 Å². The van der Waals surface area contributed by atoms with Gasteiger partial charge in [-0.3, -0.25) is 0 Å². The van der Waals surface area contributed by atoms with E-state index in [0.29, 0.717) is 5.92 Å². The molecule has 1 aliphatic rings. The van der Waals surface area contributed by atoms with Gasteiger partial charge in [-0.15, -0.1) is 4.99 Å². The average Bonchev–Trinajstić information content (AvgIpc) is 2.73. The fourth-order valence-corrected chi connectivity index (χ4v) is 3.29. The van der Waals surface area contributed by atoms with Crippen LogP contribution in [0.15, 0.2) is 41.7 Å². The number of amides is 1. The fourth-order valence-electron chi connectivity index (χ4n) is 3.29. The quantitative estimate of drug-likeness (QED) is 0.558. The number of benzene rings is 1. The monoisotopic (exact) mass is 398 g/mol. The minimum atomic E-state index is -0.822. The van der Waals surface area contributed by atoms with Crippen molar-refractivity contribution in [3.8, 4) is 11.1 Å². The maximum absolute atomic E-state index is 11.4. The van der Waals surface area contributed by atoms with Crippen LogP contribution in [0.1, 0.15) is 18.4 Å². The van der Waals surface area contributed by atoms with Gasteiger partial charge in [-0.2, -0.15) is 0 Å². The molecular formula is C20H26N6O3. The summed E-state index contributed by atoms with van der Waals surface area (Å²) < 4.78 is 10.3. The maximum Gasteiger partial charge on any atom is 0.437 e. The van der Waals surface area contributed by atoms with Gasteiger partial charge in [-0.05, 0) is 36.0 Å². The zero-order valence-electron chi connectivity index (χ0n) is 16.5. The van der Waals surface area contributed by atoms with Crippen molar-refractivity contribution >= 4 is 18.0 Å². The van der Waals surface area contributed by atoms with Crippen molar-refractivity contribution in [2.24, 2.45) is 22.4 Å². The van der Waals surface area contributed by atoms with Crippen LogP contribution >= 0.6 is 0 Å². The first-order valence-electron chi connectivity index (χ1n) is 9.47. The molecule has 9 nitrogen and oxygen atoms in total. The Morgan fingerprint density at radius 1 is 1.21 bits per heavy atom. The second-order valence-corrected chi connectivity index (χ2v) is 6.95.